The first-order chi connectivity index (χ1) is 16.1. The van der Waals surface area contributed by atoms with Crippen LogP contribution >= 0.6 is 0 Å². The number of nitrogens with zero attached hydrogens (tertiary/aromatic N) is 4. The highest BCUT2D eigenvalue weighted by atomic mass is 19.4. The number of rotatable bonds is 6. The van der Waals surface area contributed by atoms with Crippen molar-refractivity contribution in [3.8, 4) is 5.69 Å². The third kappa shape index (κ3) is 4.22. The van der Waals surface area contributed by atoms with Crippen LogP contribution in [-0.2, 0) is 17.5 Å². The monoisotopic (exact) mass is 473 g/mol. The molecule has 0 fully saturated rings. The van der Waals surface area contributed by atoms with Crippen LogP contribution < -0.4 is 5.32 Å². The Bertz CT molecular complexity index is 1320. The van der Waals surface area contributed by atoms with Gasteiger partial charge in [0.15, 0.2) is 5.69 Å². The van der Waals surface area contributed by atoms with Gasteiger partial charge in [0.25, 0.3) is 17.5 Å². The lowest BCUT2D eigenvalue weighted by molar-refractivity contribution is -0.385. The van der Waals surface area contributed by atoms with Crippen LogP contribution in [0.1, 0.15) is 32.0 Å². The molecule has 0 bridgehead atoms. The Morgan fingerprint density at radius 2 is 1.76 bits per heavy atom. The molecule has 0 aliphatic carbocycles. The lowest BCUT2D eigenvalue weighted by Crippen LogP contribution is -2.40. The van der Waals surface area contributed by atoms with E-state index in [4.69, 9.17) is 0 Å². The first kappa shape index (κ1) is 22.6. The van der Waals surface area contributed by atoms with Crippen molar-refractivity contribution in [2.45, 2.75) is 12.7 Å². The number of benzene rings is 2. The highest BCUT2D eigenvalue weighted by molar-refractivity contribution is 6.24. The maximum Gasteiger partial charge on any atom is 0.435 e. The molecule has 13 heteroatoms. The minimum atomic E-state index is -4.56. The first-order valence-electron chi connectivity index (χ1n) is 9.68. The average molecular weight is 473 g/mol. The molecule has 1 aliphatic heterocycles. The van der Waals surface area contributed by atoms with Gasteiger partial charge in [-0.2, -0.15) is 18.3 Å². The fraction of sp³-hybridized carbons (Fsp3) is 0.143. The highest BCUT2D eigenvalue weighted by Crippen LogP contribution is 2.30. The Morgan fingerprint density at radius 1 is 1.06 bits per heavy atom. The summed E-state index contributed by atoms with van der Waals surface area (Å²) >= 11 is 0. The van der Waals surface area contributed by atoms with Gasteiger partial charge < -0.3 is 5.32 Å². The molecule has 0 radical (unpaired) electrons. The number of hydrogen-bond donors (Lipinski definition) is 1. The zero-order chi connectivity index (χ0) is 24.6. The lowest BCUT2D eigenvalue weighted by Gasteiger charge is -2.13. The van der Waals surface area contributed by atoms with Gasteiger partial charge in [0.1, 0.15) is 12.1 Å². The van der Waals surface area contributed by atoms with E-state index in [2.05, 4.69) is 10.4 Å². The van der Waals surface area contributed by atoms with E-state index in [1.54, 1.807) is 12.1 Å². The summed E-state index contributed by atoms with van der Waals surface area (Å²) < 4.78 is 39.1. The number of alkyl halides is 3. The van der Waals surface area contributed by atoms with Crippen molar-refractivity contribution < 1.29 is 32.5 Å². The molecular formula is C21H14F3N5O5. The topological polar surface area (TPSA) is 127 Å². The molecular weight excluding hydrogens is 459 g/mol. The summed E-state index contributed by atoms with van der Waals surface area (Å²) in [5.74, 6) is -2.41. The molecule has 1 aliphatic rings. The van der Waals surface area contributed by atoms with Crippen LogP contribution in [0.5, 0.6) is 0 Å². The average Bonchev–Trinajstić information content (AvgIpc) is 3.38. The van der Waals surface area contributed by atoms with Crippen molar-refractivity contribution in [3.05, 3.63) is 87.2 Å². The molecule has 0 unspecified atom stereocenters. The fourth-order valence-electron chi connectivity index (χ4n) is 3.40. The third-order valence-corrected chi connectivity index (χ3v) is 5.05. The number of hydrogen-bond acceptors (Lipinski definition) is 6. The zero-order valence-electron chi connectivity index (χ0n) is 17.1. The molecule has 0 spiro atoms. The van der Waals surface area contributed by atoms with Crippen molar-refractivity contribution >= 4 is 23.4 Å². The lowest BCUT2D eigenvalue weighted by atomic mass is 10.1. The van der Waals surface area contributed by atoms with Gasteiger partial charge in [-0.1, -0.05) is 18.2 Å². The van der Waals surface area contributed by atoms with Gasteiger partial charge >= 0.3 is 6.18 Å². The summed E-state index contributed by atoms with van der Waals surface area (Å²) in [5.41, 5.74) is -1.07. The summed E-state index contributed by atoms with van der Waals surface area (Å²) in [6.45, 7) is -0.621. The van der Waals surface area contributed by atoms with Crippen LogP contribution in [-0.4, -0.2) is 43.9 Å². The van der Waals surface area contributed by atoms with Gasteiger partial charge in [-0.05, 0) is 29.8 Å². The molecule has 174 valence electrons. The van der Waals surface area contributed by atoms with Crippen molar-refractivity contribution in [2.75, 3.05) is 6.54 Å². The summed E-state index contributed by atoms with van der Waals surface area (Å²) in [5, 5.41) is 17.1. The number of carbonyl (C=O) groups excluding carboxylic acids is 3. The molecule has 2 aromatic carbocycles. The minimum absolute atomic E-state index is 0.00926. The number of fused-ring (bicyclic) bond motifs is 1. The molecule has 3 aromatic rings. The number of nitrogens with one attached hydrogen (secondary N) is 1. The largest absolute Gasteiger partial charge is 0.435 e. The van der Waals surface area contributed by atoms with E-state index in [0.29, 0.717) is 16.2 Å². The van der Waals surface area contributed by atoms with Crippen molar-refractivity contribution in [3.63, 3.8) is 0 Å². The quantitative estimate of drug-likeness (QED) is 0.333. The smallest absolute Gasteiger partial charge is 0.350 e. The molecule has 1 N–H and O–H groups in total. The third-order valence-electron chi connectivity index (χ3n) is 5.05. The number of carbonyl (C=O) groups is 3. The van der Waals surface area contributed by atoms with Crippen molar-refractivity contribution in [1.29, 1.82) is 0 Å². The van der Waals surface area contributed by atoms with Gasteiger partial charge in [-0.15, -0.1) is 0 Å². The summed E-state index contributed by atoms with van der Waals surface area (Å²) in [7, 11) is 0. The Kier molecular flexibility index (Phi) is 5.61. The zero-order valence-corrected chi connectivity index (χ0v) is 17.1. The predicted molar refractivity (Wildman–Crippen MR) is 109 cm³/mol. The molecule has 0 atom stereocenters. The van der Waals surface area contributed by atoms with Gasteiger partial charge in [0.2, 0.25) is 5.91 Å². The van der Waals surface area contributed by atoms with Crippen LogP contribution in [0.2, 0.25) is 0 Å². The van der Waals surface area contributed by atoms with Crippen LogP contribution in [0.3, 0.4) is 0 Å². The molecule has 34 heavy (non-hydrogen) atoms. The summed E-state index contributed by atoms with van der Waals surface area (Å²) in [4.78, 5) is 48.3. The van der Waals surface area contributed by atoms with E-state index >= 15 is 0 Å². The van der Waals surface area contributed by atoms with Gasteiger partial charge in [-0.3, -0.25) is 29.4 Å². The molecule has 3 amide bonds. The van der Waals surface area contributed by atoms with E-state index in [-0.39, 0.29) is 17.7 Å². The van der Waals surface area contributed by atoms with Crippen LogP contribution in [0.15, 0.2) is 54.7 Å². The number of imide groups is 1. The number of nitro benzene ring substituents is 1. The van der Waals surface area contributed by atoms with Gasteiger partial charge in [-0.25, -0.2) is 4.68 Å². The number of nitro groups is 1. The first-order valence-corrected chi connectivity index (χ1v) is 9.68. The highest BCUT2D eigenvalue weighted by Gasteiger charge is 2.41. The second-order valence-electron chi connectivity index (χ2n) is 7.24. The second kappa shape index (κ2) is 8.42. The van der Waals surface area contributed by atoms with Gasteiger partial charge in [0.05, 0.1) is 16.2 Å². The van der Waals surface area contributed by atoms with Crippen LogP contribution in [0, 0.1) is 10.1 Å². The Hall–Kier alpha value is -4.55. The SMILES string of the molecule is O=C(CN1C(=O)c2cccc([N+](=O)[O-])c2C1=O)NCc1ccc(-n2ccc(C(F)(F)F)n2)cc1. The number of aromatic nitrogens is 2. The fourth-order valence-corrected chi connectivity index (χ4v) is 3.40. The second-order valence-corrected chi connectivity index (χ2v) is 7.24. The van der Waals surface area contributed by atoms with E-state index in [1.165, 1.54) is 30.5 Å². The molecule has 2 heterocycles. The standard InChI is InChI=1S/C21H14F3N5O5/c22-21(23,24)16-8-9-28(26-16)13-6-4-12(5-7-13)10-25-17(30)11-27-19(31)14-2-1-3-15(29(33)34)18(14)20(27)32/h1-9H,10-11H2,(H,25,30). The van der Waals surface area contributed by atoms with Crippen molar-refractivity contribution in [1.82, 2.24) is 20.0 Å². The number of amides is 3. The molecule has 0 saturated heterocycles. The Balaban J connectivity index is 1.38. The molecule has 0 saturated carbocycles. The van der Waals surface area contributed by atoms with Gasteiger partial charge in [0, 0.05) is 18.8 Å². The summed E-state index contributed by atoms with van der Waals surface area (Å²) in [6, 6.07) is 10.7. The van der Waals surface area contributed by atoms with E-state index in [1.807, 2.05) is 0 Å². The molecule has 4 rings (SSSR count). The predicted octanol–water partition coefficient (Wildman–Crippen LogP) is 2.71. The van der Waals surface area contributed by atoms with Crippen LogP contribution in [0.25, 0.3) is 5.69 Å². The molecule has 10 nitrogen and oxygen atoms in total. The minimum Gasteiger partial charge on any atom is -0.350 e. The van der Waals surface area contributed by atoms with Crippen LogP contribution in [0.4, 0.5) is 18.9 Å². The maximum atomic E-state index is 12.7. The normalized spacial score (nSPS) is 13.2. The maximum absolute atomic E-state index is 12.7. The molecule has 1 aromatic heterocycles. The Morgan fingerprint density at radius 3 is 2.38 bits per heavy atom. The van der Waals surface area contributed by atoms with Crippen molar-refractivity contribution in [2.24, 2.45) is 0 Å². The van der Waals surface area contributed by atoms with E-state index < -0.39 is 46.7 Å². The summed E-state index contributed by atoms with van der Waals surface area (Å²) in [6.07, 6.45) is -3.38. The van der Waals surface area contributed by atoms with E-state index in [9.17, 15) is 37.7 Å². The van der Waals surface area contributed by atoms with E-state index in [0.717, 1.165) is 16.8 Å². The Labute approximate surface area is 188 Å². The number of halogens is 3.